The van der Waals surface area contributed by atoms with E-state index in [1.165, 1.54) is 0 Å². The molecule has 0 bridgehead atoms. The Kier molecular flexibility index (Phi) is 3.55. The van der Waals surface area contributed by atoms with E-state index >= 15 is 0 Å². The zero-order chi connectivity index (χ0) is 9.68. The monoisotopic (exact) mass is 180 g/mol. The summed E-state index contributed by atoms with van der Waals surface area (Å²) in [4.78, 5) is 4.20. The van der Waals surface area contributed by atoms with Crippen molar-refractivity contribution in [2.45, 2.75) is 26.3 Å². The van der Waals surface area contributed by atoms with Crippen molar-refractivity contribution in [3.8, 4) is 5.75 Å². The first kappa shape index (κ1) is 9.84. The van der Waals surface area contributed by atoms with Crippen LogP contribution in [0.3, 0.4) is 0 Å². The number of hydrogen-bond acceptors (Lipinski definition) is 3. The number of anilines is 1. The van der Waals surface area contributed by atoms with Crippen molar-refractivity contribution >= 4 is 5.82 Å². The van der Waals surface area contributed by atoms with E-state index < -0.39 is 0 Å². The molecule has 0 fully saturated rings. The Morgan fingerprint density at radius 1 is 1.62 bits per heavy atom. The standard InChI is InChI=1S/C10H16N2O/c1-4-8(2)12-10-9(13-3)6-5-7-11-10/h5-8H,4H2,1-3H3,(H,11,12). The predicted octanol–water partition coefficient (Wildman–Crippen LogP) is 2.30. The summed E-state index contributed by atoms with van der Waals surface area (Å²) in [6, 6.07) is 4.18. The zero-order valence-electron chi connectivity index (χ0n) is 8.37. The summed E-state index contributed by atoms with van der Waals surface area (Å²) in [5.41, 5.74) is 0. The molecular formula is C10H16N2O. The average molecular weight is 180 g/mol. The van der Waals surface area contributed by atoms with Crippen LogP contribution in [0.25, 0.3) is 0 Å². The minimum absolute atomic E-state index is 0.420. The Labute approximate surface area is 79.1 Å². The molecular weight excluding hydrogens is 164 g/mol. The molecule has 0 aliphatic carbocycles. The highest BCUT2D eigenvalue weighted by Crippen LogP contribution is 2.20. The maximum atomic E-state index is 5.17. The molecule has 1 aromatic rings. The summed E-state index contributed by atoms with van der Waals surface area (Å²) >= 11 is 0. The van der Waals surface area contributed by atoms with E-state index in [4.69, 9.17) is 4.74 Å². The predicted molar refractivity (Wildman–Crippen MR) is 54.2 cm³/mol. The summed E-state index contributed by atoms with van der Waals surface area (Å²) in [6.07, 6.45) is 2.83. The third-order valence-corrected chi connectivity index (χ3v) is 1.99. The number of pyridine rings is 1. The van der Waals surface area contributed by atoms with Crippen molar-refractivity contribution in [2.24, 2.45) is 0 Å². The van der Waals surface area contributed by atoms with Crippen LogP contribution < -0.4 is 10.1 Å². The van der Waals surface area contributed by atoms with Gasteiger partial charge in [0.25, 0.3) is 0 Å². The number of ether oxygens (including phenoxy) is 1. The van der Waals surface area contributed by atoms with Crippen LogP contribution in [-0.2, 0) is 0 Å². The topological polar surface area (TPSA) is 34.2 Å². The highest BCUT2D eigenvalue weighted by atomic mass is 16.5. The molecule has 1 aromatic heterocycles. The highest BCUT2D eigenvalue weighted by molar-refractivity contribution is 5.49. The average Bonchev–Trinajstić information content (AvgIpc) is 2.18. The van der Waals surface area contributed by atoms with Gasteiger partial charge in [0, 0.05) is 12.2 Å². The zero-order valence-corrected chi connectivity index (χ0v) is 8.37. The quantitative estimate of drug-likeness (QED) is 0.772. The Morgan fingerprint density at radius 3 is 3.00 bits per heavy atom. The molecule has 0 saturated carbocycles. The van der Waals surface area contributed by atoms with Crippen molar-refractivity contribution in [3.05, 3.63) is 18.3 Å². The van der Waals surface area contributed by atoms with Crippen molar-refractivity contribution < 1.29 is 4.74 Å². The lowest BCUT2D eigenvalue weighted by Crippen LogP contribution is -2.14. The fourth-order valence-corrected chi connectivity index (χ4v) is 0.999. The van der Waals surface area contributed by atoms with Crippen LogP contribution >= 0.6 is 0 Å². The van der Waals surface area contributed by atoms with Gasteiger partial charge in [0.2, 0.25) is 0 Å². The van der Waals surface area contributed by atoms with E-state index in [1.807, 2.05) is 12.1 Å². The second-order valence-electron chi connectivity index (χ2n) is 3.01. The Hall–Kier alpha value is -1.25. The van der Waals surface area contributed by atoms with E-state index in [-0.39, 0.29) is 0 Å². The van der Waals surface area contributed by atoms with Crippen LogP contribution in [0, 0.1) is 0 Å². The van der Waals surface area contributed by atoms with Crippen LogP contribution in [-0.4, -0.2) is 18.1 Å². The van der Waals surface area contributed by atoms with E-state index in [0.29, 0.717) is 6.04 Å². The molecule has 1 N–H and O–H groups in total. The molecule has 0 aliphatic rings. The molecule has 0 spiro atoms. The van der Waals surface area contributed by atoms with E-state index in [1.54, 1.807) is 13.3 Å². The van der Waals surface area contributed by atoms with Crippen LogP contribution in [0.5, 0.6) is 5.75 Å². The first-order valence-electron chi connectivity index (χ1n) is 4.53. The molecule has 3 heteroatoms. The fourth-order valence-electron chi connectivity index (χ4n) is 0.999. The molecule has 3 nitrogen and oxygen atoms in total. The molecule has 72 valence electrons. The summed E-state index contributed by atoms with van der Waals surface area (Å²) in [5.74, 6) is 1.61. The third kappa shape index (κ3) is 2.61. The molecule has 1 rings (SSSR count). The number of methoxy groups -OCH3 is 1. The largest absolute Gasteiger partial charge is 0.493 e. The second-order valence-corrected chi connectivity index (χ2v) is 3.01. The van der Waals surface area contributed by atoms with E-state index in [9.17, 15) is 0 Å². The van der Waals surface area contributed by atoms with Gasteiger partial charge in [-0.05, 0) is 25.5 Å². The van der Waals surface area contributed by atoms with Gasteiger partial charge in [0.1, 0.15) is 0 Å². The number of nitrogens with zero attached hydrogens (tertiary/aromatic N) is 1. The van der Waals surface area contributed by atoms with Gasteiger partial charge in [0.05, 0.1) is 7.11 Å². The molecule has 13 heavy (non-hydrogen) atoms. The van der Waals surface area contributed by atoms with Crippen molar-refractivity contribution in [1.29, 1.82) is 0 Å². The van der Waals surface area contributed by atoms with Gasteiger partial charge < -0.3 is 10.1 Å². The molecule has 0 aliphatic heterocycles. The van der Waals surface area contributed by atoms with Crippen LogP contribution in [0.1, 0.15) is 20.3 Å². The van der Waals surface area contributed by atoms with Gasteiger partial charge in [-0.15, -0.1) is 0 Å². The van der Waals surface area contributed by atoms with Crippen LogP contribution in [0.4, 0.5) is 5.82 Å². The van der Waals surface area contributed by atoms with Gasteiger partial charge in [-0.2, -0.15) is 0 Å². The molecule has 0 radical (unpaired) electrons. The van der Waals surface area contributed by atoms with Crippen LogP contribution in [0.2, 0.25) is 0 Å². The second kappa shape index (κ2) is 4.70. The first-order chi connectivity index (χ1) is 6.27. The lowest BCUT2D eigenvalue weighted by molar-refractivity contribution is 0.414. The SMILES string of the molecule is CCC(C)Nc1ncccc1OC. The Bertz CT molecular complexity index is 263. The number of nitrogens with one attached hydrogen (secondary N) is 1. The number of rotatable bonds is 4. The third-order valence-electron chi connectivity index (χ3n) is 1.99. The number of hydrogen-bond donors (Lipinski definition) is 1. The maximum Gasteiger partial charge on any atom is 0.168 e. The summed E-state index contributed by atoms with van der Waals surface area (Å²) in [5, 5.41) is 3.27. The maximum absolute atomic E-state index is 5.17. The molecule has 0 saturated heterocycles. The number of aromatic nitrogens is 1. The van der Waals surface area contributed by atoms with Gasteiger partial charge in [-0.1, -0.05) is 6.92 Å². The van der Waals surface area contributed by atoms with Gasteiger partial charge in [-0.25, -0.2) is 4.98 Å². The highest BCUT2D eigenvalue weighted by Gasteiger charge is 2.04. The van der Waals surface area contributed by atoms with Crippen molar-refractivity contribution in [2.75, 3.05) is 12.4 Å². The van der Waals surface area contributed by atoms with E-state index in [0.717, 1.165) is 18.0 Å². The van der Waals surface area contributed by atoms with Gasteiger partial charge in [0.15, 0.2) is 11.6 Å². The smallest absolute Gasteiger partial charge is 0.168 e. The van der Waals surface area contributed by atoms with Gasteiger partial charge >= 0.3 is 0 Å². The molecule has 1 heterocycles. The minimum Gasteiger partial charge on any atom is -0.493 e. The van der Waals surface area contributed by atoms with Crippen molar-refractivity contribution in [3.63, 3.8) is 0 Å². The lowest BCUT2D eigenvalue weighted by Gasteiger charge is -2.14. The molecule has 0 amide bonds. The first-order valence-corrected chi connectivity index (χ1v) is 4.53. The Morgan fingerprint density at radius 2 is 2.38 bits per heavy atom. The minimum atomic E-state index is 0.420. The lowest BCUT2D eigenvalue weighted by atomic mass is 10.2. The fraction of sp³-hybridized carbons (Fsp3) is 0.500. The summed E-state index contributed by atoms with van der Waals surface area (Å²) < 4.78 is 5.17. The molecule has 1 unspecified atom stereocenters. The van der Waals surface area contributed by atoms with E-state index in [2.05, 4.69) is 24.1 Å². The molecule has 0 aromatic carbocycles. The summed E-state index contributed by atoms with van der Waals surface area (Å²) in [7, 11) is 1.65. The van der Waals surface area contributed by atoms with Gasteiger partial charge in [-0.3, -0.25) is 0 Å². The Balaban J connectivity index is 2.74. The normalized spacial score (nSPS) is 12.2. The van der Waals surface area contributed by atoms with Crippen molar-refractivity contribution in [1.82, 2.24) is 4.98 Å². The summed E-state index contributed by atoms with van der Waals surface area (Å²) in [6.45, 7) is 4.25. The van der Waals surface area contributed by atoms with Crippen LogP contribution in [0.15, 0.2) is 18.3 Å². The molecule has 1 atom stereocenters.